The van der Waals surface area contributed by atoms with Crippen molar-refractivity contribution in [2.45, 2.75) is 45.1 Å². The molecule has 1 aliphatic rings. The van der Waals surface area contributed by atoms with Crippen molar-refractivity contribution in [1.29, 1.82) is 0 Å². The Bertz CT molecular complexity index is 1420. The van der Waals surface area contributed by atoms with Crippen molar-refractivity contribution in [3.63, 3.8) is 0 Å². The number of amides is 1. The lowest BCUT2D eigenvalue weighted by molar-refractivity contribution is -0.132. The third-order valence-electron chi connectivity index (χ3n) is 7.37. The van der Waals surface area contributed by atoms with Gasteiger partial charge in [-0.05, 0) is 53.3 Å². The molecule has 4 aromatic rings. The van der Waals surface area contributed by atoms with Crippen molar-refractivity contribution in [3.8, 4) is 17.2 Å². The summed E-state index contributed by atoms with van der Waals surface area (Å²) in [4.78, 5) is 14.6. The van der Waals surface area contributed by atoms with Gasteiger partial charge in [0.15, 0.2) is 11.5 Å². The molecule has 6 heteroatoms. The number of hydrogen-bond donors (Lipinski definition) is 1. The highest BCUT2D eigenvalue weighted by Crippen LogP contribution is 2.41. The van der Waals surface area contributed by atoms with E-state index in [-0.39, 0.29) is 18.5 Å². The summed E-state index contributed by atoms with van der Waals surface area (Å²) in [6, 6.07) is 31.4. The fourth-order valence-corrected chi connectivity index (χ4v) is 5.26. The van der Waals surface area contributed by atoms with Gasteiger partial charge in [-0.15, -0.1) is 0 Å². The normalized spacial score (nSPS) is 14.7. The van der Waals surface area contributed by atoms with Crippen LogP contribution in [-0.4, -0.2) is 35.6 Å². The number of carbonyl (C=O) groups excluding carboxylic acids is 1. The van der Waals surface area contributed by atoms with Gasteiger partial charge < -0.3 is 24.2 Å². The molecule has 0 aromatic heterocycles. The second-order valence-corrected chi connectivity index (χ2v) is 10.1. The van der Waals surface area contributed by atoms with Gasteiger partial charge in [-0.25, -0.2) is 0 Å². The van der Waals surface area contributed by atoms with Gasteiger partial charge in [-0.3, -0.25) is 4.79 Å². The molecule has 6 nitrogen and oxygen atoms in total. The van der Waals surface area contributed by atoms with Gasteiger partial charge >= 0.3 is 0 Å². The van der Waals surface area contributed by atoms with E-state index in [1.807, 2.05) is 84.9 Å². The predicted octanol–water partition coefficient (Wildman–Crippen LogP) is 5.90. The van der Waals surface area contributed by atoms with Crippen molar-refractivity contribution in [2.75, 3.05) is 13.7 Å². The molecule has 0 spiro atoms. The SMILES string of the molecule is COc1cccc(C(O)CN(C(C)=O)C2Cc3ccc(OCc4ccccc4)c(OCc4ccccc4)c3C2)c1. The first kappa shape index (κ1) is 27.3. The molecule has 5 rings (SSSR count). The van der Waals surface area contributed by atoms with Crippen LogP contribution >= 0.6 is 0 Å². The highest BCUT2D eigenvalue weighted by Gasteiger charge is 2.33. The lowest BCUT2D eigenvalue weighted by atomic mass is 10.1. The number of fused-ring (bicyclic) bond motifs is 1. The molecule has 4 aromatic carbocycles. The van der Waals surface area contributed by atoms with Crippen molar-refractivity contribution in [1.82, 2.24) is 4.90 Å². The minimum atomic E-state index is -0.832. The fourth-order valence-electron chi connectivity index (χ4n) is 5.26. The van der Waals surface area contributed by atoms with Crippen molar-refractivity contribution < 1.29 is 24.1 Å². The maximum Gasteiger partial charge on any atom is 0.219 e. The monoisotopic (exact) mass is 537 g/mol. The Kier molecular flexibility index (Phi) is 8.67. The minimum absolute atomic E-state index is 0.0768. The lowest BCUT2D eigenvalue weighted by Crippen LogP contribution is -2.42. The molecule has 0 fully saturated rings. The summed E-state index contributed by atoms with van der Waals surface area (Å²) in [5, 5.41) is 11.0. The molecule has 0 bridgehead atoms. The second-order valence-electron chi connectivity index (χ2n) is 10.1. The number of methoxy groups -OCH3 is 1. The van der Waals surface area contributed by atoms with Crippen LogP contribution in [0, 0.1) is 0 Å². The highest BCUT2D eigenvalue weighted by molar-refractivity contribution is 5.74. The average Bonchev–Trinajstić information content (AvgIpc) is 3.42. The van der Waals surface area contributed by atoms with E-state index in [1.54, 1.807) is 25.0 Å². The van der Waals surface area contributed by atoms with Gasteiger partial charge in [0.1, 0.15) is 19.0 Å². The first-order valence-electron chi connectivity index (χ1n) is 13.6. The zero-order chi connectivity index (χ0) is 27.9. The highest BCUT2D eigenvalue weighted by atomic mass is 16.5. The summed E-state index contributed by atoms with van der Waals surface area (Å²) in [7, 11) is 1.60. The fraction of sp³-hybridized carbons (Fsp3) is 0.265. The quantitative estimate of drug-likeness (QED) is 0.258. The Balaban J connectivity index is 1.38. The zero-order valence-corrected chi connectivity index (χ0v) is 23.0. The Morgan fingerprint density at radius 2 is 1.55 bits per heavy atom. The zero-order valence-electron chi connectivity index (χ0n) is 23.0. The third-order valence-corrected chi connectivity index (χ3v) is 7.37. The number of nitrogens with zero attached hydrogens (tertiary/aromatic N) is 1. The Morgan fingerprint density at radius 3 is 2.20 bits per heavy atom. The Labute approximate surface area is 235 Å². The largest absolute Gasteiger partial charge is 0.497 e. The summed E-state index contributed by atoms with van der Waals surface area (Å²) in [5.74, 6) is 2.00. The first-order chi connectivity index (χ1) is 19.5. The molecule has 0 heterocycles. The molecule has 1 amide bonds. The summed E-state index contributed by atoms with van der Waals surface area (Å²) in [6.45, 7) is 2.59. The maximum absolute atomic E-state index is 12.8. The second kappa shape index (κ2) is 12.7. The number of ether oxygens (including phenoxy) is 3. The lowest BCUT2D eigenvalue weighted by Gasteiger charge is -2.30. The number of aliphatic hydroxyl groups excluding tert-OH is 1. The van der Waals surface area contributed by atoms with Crippen LogP contribution in [-0.2, 0) is 30.8 Å². The van der Waals surface area contributed by atoms with Gasteiger partial charge in [0, 0.05) is 18.5 Å². The molecular formula is C34H35NO5. The molecule has 0 aliphatic heterocycles. The molecular weight excluding hydrogens is 502 g/mol. The number of hydrogen-bond acceptors (Lipinski definition) is 5. The summed E-state index contributed by atoms with van der Waals surface area (Å²) < 4.78 is 18.0. The van der Waals surface area contributed by atoms with Gasteiger partial charge in [0.25, 0.3) is 0 Å². The molecule has 2 unspecified atom stereocenters. The van der Waals surface area contributed by atoms with E-state index in [2.05, 4.69) is 6.07 Å². The molecule has 0 saturated heterocycles. The van der Waals surface area contributed by atoms with E-state index < -0.39 is 6.10 Å². The predicted molar refractivity (Wildman–Crippen MR) is 155 cm³/mol. The number of aliphatic hydroxyl groups is 1. The van der Waals surface area contributed by atoms with Crippen LogP contribution in [0.3, 0.4) is 0 Å². The summed E-state index contributed by atoms with van der Waals surface area (Å²) in [5.41, 5.74) is 5.03. The van der Waals surface area contributed by atoms with Crippen LogP contribution in [0.15, 0.2) is 97.1 Å². The van der Waals surface area contributed by atoms with Gasteiger partial charge in [-0.1, -0.05) is 78.9 Å². The Hall–Kier alpha value is -4.29. The first-order valence-corrected chi connectivity index (χ1v) is 13.6. The van der Waals surface area contributed by atoms with E-state index >= 15 is 0 Å². The summed E-state index contributed by atoms with van der Waals surface area (Å²) in [6.07, 6.45) is 0.466. The smallest absolute Gasteiger partial charge is 0.219 e. The maximum atomic E-state index is 12.8. The summed E-state index contributed by atoms with van der Waals surface area (Å²) >= 11 is 0. The van der Waals surface area contributed by atoms with Crippen molar-refractivity contribution in [3.05, 3.63) is 125 Å². The molecule has 2 atom stereocenters. The van der Waals surface area contributed by atoms with Crippen LogP contribution in [0.5, 0.6) is 17.2 Å². The minimum Gasteiger partial charge on any atom is -0.497 e. The van der Waals surface area contributed by atoms with E-state index in [1.165, 1.54) is 0 Å². The van der Waals surface area contributed by atoms with E-state index in [0.29, 0.717) is 43.1 Å². The van der Waals surface area contributed by atoms with E-state index in [4.69, 9.17) is 14.2 Å². The van der Waals surface area contributed by atoms with Crippen LogP contribution < -0.4 is 14.2 Å². The number of rotatable bonds is 11. The number of carbonyl (C=O) groups is 1. The van der Waals surface area contributed by atoms with Crippen molar-refractivity contribution in [2.24, 2.45) is 0 Å². The van der Waals surface area contributed by atoms with Crippen molar-refractivity contribution >= 4 is 5.91 Å². The van der Waals surface area contributed by atoms with Crippen LogP contribution in [0.1, 0.15) is 40.8 Å². The molecule has 0 radical (unpaired) electrons. The Morgan fingerprint density at radius 1 is 0.875 bits per heavy atom. The van der Waals surface area contributed by atoms with Crippen LogP contribution in [0.4, 0.5) is 0 Å². The van der Waals surface area contributed by atoms with Gasteiger partial charge in [0.05, 0.1) is 19.8 Å². The van der Waals surface area contributed by atoms with E-state index in [9.17, 15) is 9.90 Å². The van der Waals surface area contributed by atoms with Crippen LogP contribution in [0.2, 0.25) is 0 Å². The molecule has 1 aliphatic carbocycles. The van der Waals surface area contributed by atoms with E-state index in [0.717, 1.165) is 28.0 Å². The number of benzene rings is 4. The van der Waals surface area contributed by atoms with Crippen LogP contribution in [0.25, 0.3) is 0 Å². The molecule has 206 valence electrons. The molecule has 40 heavy (non-hydrogen) atoms. The molecule has 0 saturated carbocycles. The topological polar surface area (TPSA) is 68.2 Å². The standard InChI is InChI=1S/C34H35NO5/c1-24(36)35(21-32(37)28-14-9-15-30(19-28)38-2)29-18-27-16-17-33(39-22-25-10-5-3-6-11-25)34(31(27)20-29)40-23-26-12-7-4-8-13-26/h3-17,19,29,32,37H,18,20-23H2,1-2H3. The average molecular weight is 538 g/mol. The molecule has 1 N–H and O–H groups in total. The van der Waals surface area contributed by atoms with Gasteiger partial charge in [0.2, 0.25) is 5.91 Å². The van der Waals surface area contributed by atoms with Gasteiger partial charge in [-0.2, -0.15) is 0 Å². The third kappa shape index (κ3) is 6.46.